The van der Waals surface area contributed by atoms with E-state index in [1.165, 1.54) is 11.1 Å². The Hall–Kier alpha value is -1.38. The minimum Gasteiger partial charge on any atom is -0.306 e. The Bertz CT molecular complexity index is 551. The molecule has 0 aliphatic carbocycles. The Labute approximate surface area is 118 Å². The molecule has 2 aromatic carbocycles. The van der Waals surface area contributed by atoms with Crippen LogP contribution in [0.2, 0.25) is 5.02 Å². The first-order valence-electron chi connectivity index (χ1n) is 6.31. The van der Waals surface area contributed by atoms with Gasteiger partial charge in [0.25, 0.3) is 0 Å². The van der Waals surface area contributed by atoms with Crippen LogP contribution >= 0.6 is 11.6 Å². The highest BCUT2D eigenvalue weighted by Gasteiger charge is 2.08. The normalized spacial score (nSPS) is 12.4. The zero-order chi connectivity index (χ0) is 13.8. The maximum Gasteiger partial charge on any atom is 0.146 e. The van der Waals surface area contributed by atoms with Crippen molar-refractivity contribution in [1.29, 1.82) is 0 Å². The molecule has 0 aromatic heterocycles. The zero-order valence-electron chi connectivity index (χ0n) is 11.1. The first-order chi connectivity index (χ1) is 9.08. The zero-order valence-corrected chi connectivity index (χ0v) is 11.8. The number of rotatable bonds is 4. The van der Waals surface area contributed by atoms with E-state index in [0.29, 0.717) is 12.1 Å². The molecule has 0 saturated carbocycles. The number of halogens is 2. The Balaban J connectivity index is 2.02. The number of hydrogen-bond acceptors (Lipinski definition) is 1. The number of aryl methyl sites for hydroxylation is 1. The fourth-order valence-corrected chi connectivity index (χ4v) is 2.12. The molecule has 0 aliphatic heterocycles. The lowest BCUT2D eigenvalue weighted by Gasteiger charge is -2.15. The van der Waals surface area contributed by atoms with Crippen LogP contribution in [-0.4, -0.2) is 0 Å². The van der Waals surface area contributed by atoms with Gasteiger partial charge in [-0.05, 0) is 25.5 Å². The third-order valence-electron chi connectivity index (χ3n) is 3.21. The summed E-state index contributed by atoms with van der Waals surface area (Å²) >= 11 is 5.76. The third-order valence-corrected chi connectivity index (χ3v) is 3.50. The molecule has 0 radical (unpaired) electrons. The Morgan fingerprint density at radius 2 is 1.84 bits per heavy atom. The van der Waals surface area contributed by atoms with E-state index in [0.717, 1.165) is 0 Å². The largest absolute Gasteiger partial charge is 0.306 e. The molecule has 2 aromatic rings. The smallest absolute Gasteiger partial charge is 0.146 e. The summed E-state index contributed by atoms with van der Waals surface area (Å²) in [5.41, 5.74) is 3.01. The van der Waals surface area contributed by atoms with Crippen molar-refractivity contribution < 1.29 is 4.39 Å². The van der Waals surface area contributed by atoms with Crippen molar-refractivity contribution >= 4 is 11.6 Å². The Morgan fingerprint density at radius 1 is 1.16 bits per heavy atom. The van der Waals surface area contributed by atoms with Gasteiger partial charge >= 0.3 is 0 Å². The summed E-state index contributed by atoms with van der Waals surface area (Å²) < 4.78 is 13.7. The first kappa shape index (κ1) is 14.0. The van der Waals surface area contributed by atoms with Gasteiger partial charge in [0.1, 0.15) is 5.82 Å². The SMILES string of the molecule is Cc1ccc([C@@H](C)NCc2cccc(Cl)c2F)cc1. The highest BCUT2D eigenvalue weighted by Crippen LogP contribution is 2.19. The summed E-state index contributed by atoms with van der Waals surface area (Å²) in [6.45, 7) is 4.58. The Morgan fingerprint density at radius 3 is 2.53 bits per heavy atom. The van der Waals surface area contributed by atoms with Crippen molar-refractivity contribution in [2.24, 2.45) is 0 Å². The molecule has 100 valence electrons. The quantitative estimate of drug-likeness (QED) is 0.858. The van der Waals surface area contributed by atoms with Crippen LogP contribution in [0.1, 0.15) is 29.7 Å². The van der Waals surface area contributed by atoms with Crippen LogP contribution in [0.5, 0.6) is 0 Å². The second-order valence-corrected chi connectivity index (χ2v) is 5.13. The summed E-state index contributed by atoms with van der Waals surface area (Å²) in [6, 6.07) is 13.6. The fourth-order valence-electron chi connectivity index (χ4n) is 1.92. The maximum atomic E-state index is 13.7. The summed E-state index contributed by atoms with van der Waals surface area (Å²) in [4.78, 5) is 0. The molecule has 1 atom stereocenters. The van der Waals surface area contributed by atoms with E-state index in [1.54, 1.807) is 18.2 Å². The predicted molar refractivity (Wildman–Crippen MR) is 77.8 cm³/mol. The molecule has 0 fully saturated rings. The molecule has 2 rings (SSSR count). The molecule has 3 heteroatoms. The maximum absolute atomic E-state index is 13.7. The molecular weight excluding hydrogens is 261 g/mol. The summed E-state index contributed by atoms with van der Waals surface area (Å²) in [5.74, 6) is -0.340. The van der Waals surface area contributed by atoms with Gasteiger partial charge in [0.2, 0.25) is 0 Å². The highest BCUT2D eigenvalue weighted by molar-refractivity contribution is 6.30. The van der Waals surface area contributed by atoms with E-state index < -0.39 is 0 Å². The van der Waals surface area contributed by atoms with Gasteiger partial charge in [-0.15, -0.1) is 0 Å². The van der Waals surface area contributed by atoms with Crippen molar-refractivity contribution in [3.63, 3.8) is 0 Å². The molecule has 1 nitrogen and oxygen atoms in total. The molecule has 0 unspecified atom stereocenters. The van der Waals surface area contributed by atoms with E-state index in [4.69, 9.17) is 11.6 Å². The molecule has 0 amide bonds. The van der Waals surface area contributed by atoms with Crippen LogP contribution in [0.25, 0.3) is 0 Å². The topological polar surface area (TPSA) is 12.0 Å². The predicted octanol–water partition coefficient (Wildman–Crippen LogP) is 4.64. The van der Waals surface area contributed by atoms with Gasteiger partial charge in [0.05, 0.1) is 5.02 Å². The second-order valence-electron chi connectivity index (χ2n) is 4.73. The van der Waals surface area contributed by atoms with Gasteiger partial charge in [0.15, 0.2) is 0 Å². The second kappa shape index (κ2) is 6.18. The van der Waals surface area contributed by atoms with Crippen molar-refractivity contribution in [3.05, 3.63) is 70.0 Å². The first-order valence-corrected chi connectivity index (χ1v) is 6.68. The van der Waals surface area contributed by atoms with E-state index in [-0.39, 0.29) is 16.9 Å². The lowest BCUT2D eigenvalue weighted by atomic mass is 10.1. The van der Waals surface area contributed by atoms with Crippen molar-refractivity contribution in [3.8, 4) is 0 Å². The molecule has 0 spiro atoms. The monoisotopic (exact) mass is 277 g/mol. The van der Waals surface area contributed by atoms with Gasteiger partial charge in [-0.2, -0.15) is 0 Å². The molecule has 0 aliphatic rings. The van der Waals surface area contributed by atoms with Crippen molar-refractivity contribution in [2.45, 2.75) is 26.4 Å². The van der Waals surface area contributed by atoms with Crippen molar-refractivity contribution in [2.75, 3.05) is 0 Å². The average Bonchev–Trinajstić information content (AvgIpc) is 2.41. The molecule has 19 heavy (non-hydrogen) atoms. The van der Waals surface area contributed by atoms with Gasteiger partial charge in [-0.3, -0.25) is 0 Å². The number of nitrogens with one attached hydrogen (secondary N) is 1. The number of benzene rings is 2. The highest BCUT2D eigenvalue weighted by atomic mass is 35.5. The van der Waals surface area contributed by atoms with Crippen LogP contribution in [0.15, 0.2) is 42.5 Å². The van der Waals surface area contributed by atoms with Gasteiger partial charge in [-0.25, -0.2) is 4.39 Å². The van der Waals surface area contributed by atoms with Crippen LogP contribution in [0.3, 0.4) is 0 Å². The minimum absolute atomic E-state index is 0.166. The Kier molecular flexibility index (Phi) is 4.56. The summed E-state index contributed by atoms with van der Waals surface area (Å²) in [7, 11) is 0. The lowest BCUT2D eigenvalue weighted by molar-refractivity contribution is 0.544. The summed E-state index contributed by atoms with van der Waals surface area (Å²) in [6.07, 6.45) is 0. The number of hydrogen-bond donors (Lipinski definition) is 1. The summed E-state index contributed by atoms with van der Waals surface area (Å²) in [5, 5.41) is 3.47. The minimum atomic E-state index is -0.340. The molecule has 0 saturated heterocycles. The lowest BCUT2D eigenvalue weighted by Crippen LogP contribution is -2.18. The van der Waals surface area contributed by atoms with E-state index in [2.05, 4.69) is 43.4 Å². The van der Waals surface area contributed by atoms with Gasteiger partial charge in [-0.1, -0.05) is 53.6 Å². The van der Waals surface area contributed by atoms with Crippen molar-refractivity contribution in [1.82, 2.24) is 5.32 Å². The molecule has 1 N–H and O–H groups in total. The molecule has 0 heterocycles. The molecular formula is C16H17ClFN. The third kappa shape index (κ3) is 3.55. The van der Waals surface area contributed by atoms with Gasteiger partial charge < -0.3 is 5.32 Å². The van der Waals surface area contributed by atoms with Gasteiger partial charge in [0, 0.05) is 18.2 Å². The van der Waals surface area contributed by atoms with E-state index >= 15 is 0 Å². The van der Waals surface area contributed by atoms with E-state index in [9.17, 15) is 4.39 Å². The van der Waals surface area contributed by atoms with Crippen LogP contribution in [0, 0.1) is 12.7 Å². The fraction of sp³-hybridized carbons (Fsp3) is 0.250. The standard InChI is InChI=1S/C16H17ClFN/c1-11-6-8-13(9-7-11)12(2)19-10-14-4-3-5-15(17)16(14)18/h3-9,12,19H,10H2,1-2H3/t12-/m1/s1. The van der Waals surface area contributed by atoms with Crippen LogP contribution in [-0.2, 0) is 6.54 Å². The van der Waals surface area contributed by atoms with E-state index in [1.807, 2.05) is 0 Å². The average molecular weight is 278 g/mol. The van der Waals surface area contributed by atoms with Crippen LogP contribution in [0.4, 0.5) is 4.39 Å². The molecule has 0 bridgehead atoms. The van der Waals surface area contributed by atoms with Crippen LogP contribution < -0.4 is 5.32 Å².